The lowest BCUT2D eigenvalue weighted by molar-refractivity contribution is -0.137. The Hall–Kier alpha value is -2.34. The van der Waals surface area contributed by atoms with Crippen molar-refractivity contribution in [2.45, 2.75) is 26.3 Å². The molecule has 23 heavy (non-hydrogen) atoms. The summed E-state index contributed by atoms with van der Waals surface area (Å²) in [6, 6.07) is 4.11. The fraction of sp³-hybridized carbons (Fsp3) is 0.235. The van der Waals surface area contributed by atoms with Crippen molar-refractivity contribution in [1.29, 1.82) is 0 Å². The summed E-state index contributed by atoms with van der Waals surface area (Å²) in [4.78, 5) is 10.8. The Morgan fingerprint density at radius 2 is 1.83 bits per heavy atom. The fourth-order valence-corrected chi connectivity index (χ4v) is 2.57. The predicted molar refractivity (Wildman–Crippen MR) is 80.4 cm³/mol. The van der Waals surface area contributed by atoms with Crippen LogP contribution in [-0.2, 0) is 4.79 Å². The van der Waals surface area contributed by atoms with E-state index in [0.29, 0.717) is 5.56 Å². The standard InChI is InChI=1S/C17H16F3NO2/c1-8-4-3-5-11(18)14(8)10-6-9(2)16(19)15(17(10)20)12(21)7-13(22)23/h3-6,12H,7,21H2,1-2H3,(H,22,23). The number of carbonyl (C=O) groups is 1. The van der Waals surface area contributed by atoms with Gasteiger partial charge >= 0.3 is 5.97 Å². The van der Waals surface area contributed by atoms with Gasteiger partial charge in [0.25, 0.3) is 0 Å². The Morgan fingerprint density at radius 3 is 2.39 bits per heavy atom. The van der Waals surface area contributed by atoms with Crippen molar-refractivity contribution in [3.8, 4) is 11.1 Å². The van der Waals surface area contributed by atoms with Gasteiger partial charge in [0.05, 0.1) is 6.42 Å². The second-order valence-electron chi connectivity index (χ2n) is 5.42. The minimum Gasteiger partial charge on any atom is -0.481 e. The number of aryl methyl sites for hydroxylation is 2. The van der Waals surface area contributed by atoms with E-state index in [0.717, 1.165) is 0 Å². The average molecular weight is 323 g/mol. The molecule has 1 unspecified atom stereocenters. The van der Waals surface area contributed by atoms with Gasteiger partial charge in [0.15, 0.2) is 0 Å². The van der Waals surface area contributed by atoms with Crippen molar-refractivity contribution in [3.63, 3.8) is 0 Å². The smallest absolute Gasteiger partial charge is 0.305 e. The zero-order chi connectivity index (χ0) is 17.3. The van der Waals surface area contributed by atoms with Crippen LogP contribution in [0.15, 0.2) is 24.3 Å². The Kier molecular flexibility index (Phi) is 4.75. The van der Waals surface area contributed by atoms with E-state index in [-0.39, 0.29) is 16.7 Å². The fourth-order valence-electron chi connectivity index (χ4n) is 2.57. The third kappa shape index (κ3) is 3.22. The number of hydrogen-bond donors (Lipinski definition) is 2. The molecule has 2 aromatic carbocycles. The molecule has 0 aliphatic heterocycles. The molecule has 0 spiro atoms. The number of carboxylic acid groups (broad SMARTS) is 1. The van der Waals surface area contributed by atoms with Gasteiger partial charge in [-0.1, -0.05) is 12.1 Å². The minimum atomic E-state index is -1.36. The van der Waals surface area contributed by atoms with E-state index in [1.807, 2.05) is 0 Å². The molecule has 0 heterocycles. The van der Waals surface area contributed by atoms with Gasteiger partial charge in [-0.25, -0.2) is 13.2 Å². The highest BCUT2D eigenvalue weighted by Gasteiger charge is 2.25. The van der Waals surface area contributed by atoms with Gasteiger partial charge in [0.2, 0.25) is 0 Å². The maximum atomic E-state index is 14.8. The van der Waals surface area contributed by atoms with E-state index in [4.69, 9.17) is 10.8 Å². The summed E-state index contributed by atoms with van der Waals surface area (Å²) in [5.41, 5.74) is 5.53. The molecular formula is C17H16F3NO2. The van der Waals surface area contributed by atoms with Crippen LogP contribution in [0.1, 0.15) is 29.2 Å². The van der Waals surface area contributed by atoms with Crippen LogP contribution in [0.4, 0.5) is 13.2 Å². The van der Waals surface area contributed by atoms with Gasteiger partial charge < -0.3 is 10.8 Å². The molecule has 3 nitrogen and oxygen atoms in total. The first-order chi connectivity index (χ1) is 10.7. The first-order valence-corrected chi connectivity index (χ1v) is 6.95. The summed E-state index contributed by atoms with van der Waals surface area (Å²) in [7, 11) is 0. The first kappa shape index (κ1) is 17.0. The van der Waals surface area contributed by atoms with E-state index >= 15 is 0 Å². The van der Waals surface area contributed by atoms with Crippen LogP contribution in [0.2, 0.25) is 0 Å². The number of halogens is 3. The topological polar surface area (TPSA) is 63.3 Å². The molecular weight excluding hydrogens is 307 g/mol. The third-order valence-electron chi connectivity index (χ3n) is 3.67. The summed E-state index contributed by atoms with van der Waals surface area (Å²) in [6.45, 7) is 3.00. The van der Waals surface area contributed by atoms with Gasteiger partial charge in [-0.2, -0.15) is 0 Å². The van der Waals surface area contributed by atoms with Crippen LogP contribution in [0.5, 0.6) is 0 Å². The molecule has 0 saturated heterocycles. The van der Waals surface area contributed by atoms with E-state index < -0.39 is 41.4 Å². The zero-order valence-corrected chi connectivity index (χ0v) is 12.7. The minimum absolute atomic E-state index is 0.0110. The van der Waals surface area contributed by atoms with Crippen molar-refractivity contribution in [1.82, 2.24) is 0 Å². The van der Waals surface area contributed by atoms with E-state index in [2.05, 4.69) is 0 Å². The highest BCUT2D eigenvalue weighted by Crippen LogP contribution is 2.35. The van der Waals surface area contributed by atoms with E-state index in [1.54, 1.807) is 13.0 Å². The van der Waals surface area contributed by atoms with E-state index in [1.165, 1.54) is 25.1 Å². The number of rotatable bonds is 4. The lowest BCUT2D eigenvalue weighted by Gasteiger charge is -2.18. The van der Waals surface area contributed by atoms with Crippen molar-refractivity contribution in [2.75, 3.05) is 0 Å². The van der Waals surface area contributed by atoms with Crippen molar-refractivity contribution in [2.24, 2.45) is 5.73 Å². The maximum absolute atomic E-state index is 14.8. The molecule has 0 aromatic heterocycles. The van der Waals surface area contributed by atoms with Crippen LogP contribution in [0, 0.1) is 31.3 Å². The number of aliphatic carboxylic acids is 1. The summed E-state index contributed by atoms with van der Waals surface area (Å²) in [5.74, 6) is -3.86. The largest absolute Gasteiger partial charge is 0.481 e. The SMILES string of the molecule is Cc1cc(-c2c(C)cccc2F)c(F)c(C(N)CC(=O)O)c1F. The van der Waals surface area contributed by atoms with E-state index in [9.17, 15) is 18.0 Å². The van der Waals surface area contributed by atoms with Gasteiger partial charge in [-0.15, -0.1) is 0 Å². The molecule has 1 atom stereocenters. The summed E-state index contributed by atoms with van der Waals surface area (Å²) in [6.07, 6.45) is -0.632. The number of nitrogens with two attached hydrogens (primary N) is 1. The molecule has 0 radical (unpaired) electrons. The highest BCUT2D eigenvalue weighted by molar-refractivity contribution is 5.72. The number of benzene rings is 2. The predicted octanol–water partition coefficient (Wildman–Crippen LogP) is 3.86. The Balaban J connectivity index is 2.73. The molecule has 0 fully saturated rings. The van der Waals surface area contributed by atoms with Crippen molar-refractivity contribution < 1.29 is 23.1 Å². The first-order valence-electron chi connectivity index (χ1n) is 6.95. The lowest BCUT2D eigenvalue weighted by atomic mass is 9.92. The van der Waals surface area contributed by atoms with Gasteiger partial charge in [0.1, 0.15) is 17.5 Å². The quantitative estimate of drug-likeness (QED) is 0.898. The van der Waals surface area contributed by atoms with Crippen molar-refractivity contribution in [3.05, 3.63) is 58.4 Å². The molecule has 6 heteroatoms. The second kappa shape index (κ2) is 6.42. The van der Waals surface area contributed by atoms with Crippen LogP contribution < -0.4 is 5.73 Å². The average Bonchev–Trinajstić information content (AvgIpc) is 2.43. The molecule has 2 rings (SSSR count). The van der Waals surface area contributed by atoms with Crippen LogP contribution >= 0.6 is 0 Å². The van der Waals surface area contributed by atoms with Crippen LogP contribution in [0.3, 0.4) is 0 Å². The Bertz CT molecular complexity index is 755. The van der Waals surface area contributed by atoms with Crippen molar-refractivity contribution >= 4 is 5.97 Å². The molecule has 0 bridgehead atoms. The molecule has 2 aromatic rings. The number of hydrogen-bond acceptors (Lipinski definition) is 2. The van der Waals surface area contributed by atoms with Crippen LogP contribution in [-0.4, -0.2) is 11.1 Å². The van der Waals surface area contributed by atoms with Crippen LogP contribution in [0.25, 0.3) is 11.1 Å². The monoisotopic (exact) mass is 323 g/mol. The van der Waals surface area contributed by atoms with Gasteiger partial charge in [0, 0.05) is 22.7 Å². The lowest BCUT2D eigenvalue weighted by Crippen LogP contribution is -2.19. The summed E-state index contributed by atoms with van der Waals surface area (Å²) >= 11 is 0. The molecule has 0 saturated carbocycles. The second-order valence-corrected chi connectivity index (χ2v) is 5.42. The normalized spacial score (nSPS) is 12.3. The summed E-state index contributed by atoms with van der Waals surface area (Å²) < 4.78 is 43.1. The highest BCUT2D eigenvalue weighted by atomic mass is 19.1. The third-order valence-corrected chi connectivity index (χ3v) is 3.67. The molecule has 0 aliphatic rings. The maximum Gasteiger partial charge on any atom is 0.305 e. The van der Waals surface area contributed by atoms with Gasteiger partial charge in [-0.3, -0.25) is 4.79 Å². The zero-order valence-electron chi connectivity index (χ0n) is 12.7. The molecule has 0 amide bonds. The van der Waals surface area contributed by atoms with Gasteiger partial charge in [-0.05, 0) is 37.1 Å². The Morgan fingerprint density at radius 1 is 1.17 bits per heavy atom. The molecule has 0 aliphatic carbocycles. The summed E-state index contributed by atoms with van der Waals surface area (Å²) in [5, 5.41) is 8.79. The molecule has 122 valence electrons. The Labute approximate surface area is 131 Å². The number of carboxylic acids is 1. The molecule has 3 N–H and O–H groups in total.